The zero-order chi connectivity index (χ0) is 21.2. The second kappa shape index (κ2) is 8.34. The Hall–Kier alpha value is -2.72. The minimum absolute atomic E-state index is 0.0338. The van der Waals surface area contributed by atoms with Crippen molar-refractivity contribution in [2.45, 2.75) is 33.1 Å². The summed E-state index contributed by atoms with van der Waals surface area (Å²) in [6.07, 6.45) is 0. The van der Waals surface area contributed by atoms with Gasteiger partial charge in [0.05, 0.1) is 0 Å². The second-order valence-corrected chi connectivity index (χ2v) is 8.90. The summed E-state index contributed by atoms with van der Waals surface area (Å²) < 4.78 is 0.765. The van der Waals surface area contributed by atoms with Crippen LogP contribution in [0.5, 0.6) is 0 Å². The maximum atomic E-state index is 13.2. The summed E-state index contributed by atoms with van der Waals surface area (Å²) >= 11 is 3.47. The molecule has 3 aromatic carbocycles. The molecule has 29 heavy (non-hydrogen) atoms. The highest BCUT2D eigenvalue weighted by atomic mass is 79.9. The van der Waals surface area contributed by atoms with Crippen LogP contribution in [0, 0.1) is 0 Å². The van der Waals surface area contributed by atoms with Crippen molar-refractivity contribution in [1.82, 2.24) is 0 Å². The average molecular weight is 450 g/mol. The Morgan fingerprint density at radius 2 is 1.45 bits per heavy atom. The van der Waals surface area contributed by atoms with Crippen molar-refractivity contribution in [2.24, 2.45) is 0 Å². The van der Waals surface area contributed by atoms with E-state index in [1.165, 1.54) is 0 Å². The Kier molecular flexibility index (Phi) is 6.04. The summed E-state index contributed by atoms with van der Waals surface area (Å²) in [6, 6.07) is 20.6. The van der Waals surface area contributed by atoms with Gasteiger partial charge in [-0.15, -0.1) is 0 Å². The standard InChI is InChI=1S/C25H24BrNO2/c1-16(28)17-13-14-23(20(15-17)25(2,3)4)27-22-12-8-6-10-19(22)24(29)18-9-5-7-11-21(18)26/h5-15,27H,1-4H3. The molecule has 0 fully saturated rings. The quantitative estimate of drug-likeness (QED) is 0.429. The summed E-state index contributed by atoms with van der Waals surface area (Å²) in [5, 5.41) is 3.44. The molecule has 0 aliphatic carbocycles. The molecule has 148 valence electrons. The first-order valence-corrected chi connectivity index (χ1v) is 10.3. The van der Waals surface area contributed by atoms with Crippen molar-refractivity contribution in [3.63, 3.8) is 0 Å². The number of nitrogens with one attached hydrogen (secondary N) is 1. The van der Waals surface area contributed by atoms with E-state index in [1.807, 2.05) is 66.7 Å². The Morgan fingerprint density at radius 1 is 0.828 bits per heavy atom. The summed E-state index contributed by atoms with van der Waals surface area (Å²) in [4.78, 5) is 25.0. The molecular formula is C25H24BrNO2. The van der Waals surface area contributed by atoms with Crippen molar-refractivity contribution in [2.75, 3.05) is 5.32 Å². The lowest BCUT2D eigenvalue weighted by molar-refractivity contribution is 0.101. The number of para-hydroxylation sites is 1. The highest BCUT2D eigenvalue weighted by Crippen LogP contribution is 2.34. The van der Waals surface area contributed by atoms with Crippen LogP contribution in [0.25, 0.3) is 0 Å². The highest BCUT2D eigenvalue weighted by molar-refractivity contribution is 9.10. The van der Waals surface area contributed by atoms with Gasteiger partial charge >= 0.3 is 0 Å². The van der Waals surface area contributed by atoms with Gasteiger partial charge in [-0.1, -0.05) is 61.0 Å². The van der Waals surface area contributed by atoms with E-state index >= 15 is 0 Å². The minimum Gasteiger partial charge on any atom is -0.355 e. The first kappa shape index (κ1) is 21.0. The van der Waals surface area contributed by atoms with Gasteiger partial charge in [0.25, 0.3) is 0 Å². The number of benzene rings is 3. The molecule has 0 bridgehead atoms. The number of hydrogen-bond acceptors (Lipinski definition) is 3. The molecule has 3 aromatic rings. The number of Topliss-reactive ketones (excluding diaryl/α,β-unsaturated/α-hetero) is 1. The molecule has 0 saturated carbocycles. The van der Waals surface area contributed by atoms with Crippen LogP contribution >= 0.6 is 15.9 Å². The van der Waals surface area contributed by atoms with Gasteiger partial charge in [-0.2, -0.15) is 0 Å². The number of anilines is 2. The number of carbonyl (C=O) groups excluding carboxylic acids is 2. The van der Waals surface area contributed by atoms with Gasteiger partial charge in [0, 0.05) is 32.5 Å². The van der Waals surface area contributed by atoms with Crippen molar-refractivity contribution in [3.05, 3.63) is 93.5 Å². The Morgan fingerprint density at radius 3 is 2.07 bits per heavy atom. The Bertz CT molecular complexity index is 1080. The van der Waals surface area contributed by atoms with E-state index in [1.54, 1.807) is 6.92 Å². The van der Waals surface area contributed by atoms with E-state index in [0.29, 0.717) is 16.7 Å². The van der Waals surface area contributed by atoms with E-state index in [0.717, 1.165) is 21.4 Å². The first-order valence-electron chi connectivity index (χ1n) is 9.49. The molecule has 3 rings (SSSR count). The third-order valence-electron chi connectivity index (χ3n) is 4.79. The van der Waals surface area contributed by atoms with Crippen LogP contribution in [0.3, 0.4) is 0 Å². The normalized spacial score (nSPS) is 11.2. The van der Waals surface area contributed by atoms with Crippen molar-refractivity contribution >= 4 is 38.9 Å². The van der Waals surface area contributed by atoms with Crippen LogP contribution in [0.1, 0.15) is 59.5 Å². The van der Waals surface area contributed by atoms with Gasteiger partial charge in [-0.05, 0) is 60.4 Å². The van der Waals surface area contributed by atoms with E-state index in [4.69, 9.17) is 0 Å². The summed E-state index contributed by atoms with van der Waals surface area (Å²) in [6.45, 7) is 7.89. The maximum Gasteiger partial charge on any atom is 0.196 e. The molecule has 0 spiro atoms. The number of halogens is 1. The SMILES string of the molecule is CC(=O)c1ccc(Nc2ccccc2C(=O)c2ccccc2Br)c(C(C)(C)C)c1. The van der Waals surface area contributed by atoms with Crippen LogP contribution in [0.4, 0.5) is 11.4 Å². The maximum absolute atomic E-state index is 13.2. The molecular weight excluding hydrogens is 426 g/mol. The van der Waals surface area contributed by atoms with Gasteiger partial charge in [0.15, 0.2) is 11.6 Å². The number of ketones is 2. The summed E-state index contributed by atoms with van der Waals surface area (Å²) in [5.74, 6) is -0.0233. The number of carbonyl (C=O) groups is 2. The molecule has 0 atom stereocenters. The van der Waals surface area contributed by atoms with Gasteiger partial charge in [0.2, 0.25) is 0 Å². The molecule has 0 aliphatic heterocycles. The van der Waals surface area contributed by atoms with Crippen LogP contribution in [-0.2, 0) is 5.41 Å². The Labute approximate surface area is 180 Å². The predicted molar refractivity (Wildman–Crippen MR) is 122 cm³/mol. The van der Waals surface area contributed by atoms with E-state index in [2.05, 4.69) is 42.0 Å². The Balaban J connectivity index is 2.06. The molecule has 4 heteroatoms. The molecule has 0 amide bonds. The van der Waals surface area contributed by atoms with Gasteiger partial charge in [0.1, 0.15) is 0 Å². The third-order valence-corrected chi connectivity index (χ3v) is 5.49. The number of hydrogen-bond donors (Lipinski definition) is 1. The van der Waals surface area contributed by atoms with E-state index < -0.39 is 0 Å². The zero-order valence-electron chi connectivity index (χ0n) is 17.0. The minimum atomic E-state index is -0.171. The summed E-state index contributed by atoms with van der Waals surface area (Å²) in [5.41, 5.74) is 4.35. The molecule has 0 radical (unpaired) electrons. The summed E-state index contributed by atoms with van der Waals surface area (Å²) in [7, 11) is 0. The van der Waals surface area contributed by atoms with Gasteiger partial charge in [-0.25, -0.2) is 0 Å². The predicted octanol–water partition coefficient (Wildman–Crippen LogP) is 6.92. The molecule has 1 N–H and O–H groups in total. The fourth-order valence-corrected chi connectivity index (χ4v) is 3.68. The largest absolute Gasteiger partial charge is 0.355 e. The lowest BCUT2D eigenvalue weighted by Gasteiger charge is -2.25. The fraction of sp³-hybridized carbons (Fsp3) is 0.200. The zero-order valence-corrected chi connectivity index (χ0v) is 18.6. The number of rotatable bonds is 5. The second-order valence-electron chi connectivity index (χ2n) is 8.05. The van der Waals surface area contributed by atoms with Crippen LogP contribution in [-0.4, -0.2) is 11.6 Å². The lowest BCUT2D eigenvalue weighted by Crippen LogP contribution is -2.15. The van der Waals surface area contributed by atoms with Crippen molar-refractivity contribution < 1.29 is 9.59 Å². The van der Waals surface area contributed by atoms with Gasteiger partial charge < -0.3 is 5.32 Å². The third kappa shape index (κ3) is 4.65. The van der Waals surface area contributed by atoms with Crippen LogP contribution in [0.15, 0.2) is 71.2 Å². The molecule has 0 aliphatic rings. The average Bonchev–Trinajstić information content (AvgIpc) is 2.67. The molecule has 3 nitrogen and oxygen atoms in total. The first-order chi connectivity index (χ1) is 13.7. The molecule has 0 aromatic heterocycles. The van der Waals surface area contributed by atoms with Crippen molar-refractivity contribution in [3.8, 4) is 0 Å². The van der Waals surface area contributed by atoms with Crippen LogP contribution in [0.2, 0.25) is 0 Å². The monoisotopic (exact) mass is 449 g/mol. The van der Waals surface area contributed by atoms with Gasteiger partial charge in [-0.3, -0.25) is 9.59 Å². The van der Waals surface area contributed by atoms with Crippen LogP contribution < -0.4 is 5.32 Å². The molecule has 0 saturated heterocycles. The van der Waals surface area contributed by atoms with E-state index in [9.17, 15) is 9.59 Å². The lowest BCUT2D eigenvalue weighted by atomic mass is 9.84. The van der Waals surface area contributed by atoms with E-state index in [-0.39, 0.29) is 17.0 Å². The molecule has 0 unspecified atom stereocenters. The fourth-order valence-electron chi connectivity index (χ4n) is 3.22. The highest BCUT2D eigenvalue weighted by Gasteiger charge is 2.21. The topological polar surface area (TPSA) is 46.2 Å². The van der Waals surface area contributed by atoms with Crippen molar-refractivity contribution in [1.29, 1.82) is 0 Å². The smallest absolute Gasteiger partial charge is 0.196 e. The molecule has 0 heterocycles.